The molecule has 0 unspecified atom stereocenters. The molecule has 0 spiro atoms. The van der Waals surface area contributed by atoms with Crippen LogP contribution in [0.3, 0.4) is 0 Å². The van der Waals surface area contributed by atoms with E-state index in [0.29, 0.717) is 34.5 Å². The predicted octanol–water partition coefficient (Wildman–Crippen LogP) is 6.30. The molecule has 0 saturated heterocycles. The van der Waals surface area contributed by atoms with Crippen molar-refractivity contribution in [3.05, 3.63) is 94.0 Å². The Morgan fingerprint density at radius 3 is 2.42 bits per heavy atom. The Kier molecular flexibility index (Phi) is 5.27. The van der Waals surface area contributed by atoms with Crippen molar-refractivity contribution in [1.29, 1.82) is 0 Å². The minimum absolute atomic E-state index is 0.0432. The second-order valence-electron chi connectivity index (χ2n) is 11.3. The van der Waals surface area contributed by atoms with E-state index in [4.69, 9.17) is 14.2 Å². The summed E-state index contributed by atoms with van der Waals surface area (Å²) in [6.07, 6.45) is 3.18. The highest BCUT2D eigenvalue weighted by atomic mass is 16.6. The zero-order chi connectivity index (χ0) is 27.0. The molecule has 0 saturated carbocycles. The Bertz CT molecular complexity index is 1670. The number of nitrogens with one attached hydrogen (secondary N) is 1. The zero-order valence-corrected chi connectivity index (χ0v) is 22.2. The van der Waals surface area contributed by atoms with E-state index < -0.39 is 0 Å². The number of likely N-dealkylation sites (N-methyl/N-ethyl adjacent to an activating group) is 1. The summed E-state index contributed by atoms with van der Waals surface area (Å²) in [6.45, 7) is 1.72. The Morgan fingerprint density at radius 2 is 1.55 bits per heavy atom. The van der Waals surface area contributed by atoms with Crippen LogP contribution in [-0.2, 0) is 25.7 Å². The van der Waals surface area contributed by atoms with E-state index in [1.165, 1.54) is 11.1 Å². The molecule has 7 bridgehead atoms. The molecule has 3 N–H and O–H groups in total. The third-order valence-corrected chi connectivity index (χ3v) is 8.77. The standard InChI is InChI=1S/C33H30N2O5/c1-35-11-9-21-15-27(37)32-33-31(21)25(35)13-18-2-5-22(6-3-18)38-28-14-19(4-7-26(28)36)12-24-23-17-30(40-33)29(39-32)16-20(23)8-10-34-24/h2-7,14-17,24-25,34,36-37H,8-13H2,1H3/t24-,25-/m0/s1. The normalized spacial score (nSPS) is 20.6. The van der Waals surface area contributed by atoms with Crippen LogP contribution in [0.1, 0.15) is 45.5 Å². The molecular formula is C33H30N2O5. The van der Waals surface area contributed by atoms with Crippen LogP contribution >= 0.6 is 0 Å². The fraction of sp³-hybridized carbons (Fsp3) is 0.273. The smallest absolute Gasteiger partial charge is 0.212 e. The minimum Gasteiger partial charge on any atom is -0.504 e. The summed E-state index contributed by atoms with van der Waals surface area (Å²) < 4.78 is 19.2. The van der Waals surface area contributed by atoms with Crippen LogP contribution in [0.15, 0.2) is 60.7 Å². The van der Waals surface area contributed by atoms with Gasteiger partial charge >= 0.3 is 0 Å². The molecule has 0 aliphatic carbocycles. The van der Waals surface area contributed by atoms with Gasteiger partial charge in [-0.1, -0.05) is 18.2 Å². The van der Waals surface area contributed by atoms with Crippen LogP contribution in [0.4, 0.5) is 0 Å². The maximum absolute atomic E-state index is 11.0. The van der Waals surface area contributed by atoms with Gasteiger partial charge in [0, 0.05) is 24.2 Å². The number of hydrogen-bond acceptors (Lipinski definition) is 7. The number of aromatic hydroxyl groups is 2. The fourth-order valence-electron chi connectivity index (χ4n) is 6.65. The molecule has 7 nitrogen and oxygen atoms in total. The Labute approximate surface area is 232 Å². The van der Waals surface area contributed by atoms with Crippen molar-refractivity contribution < 1.29 is 24.4 Å². The van der Waals surface area contributed by atoms with Gasteiger partial charge in [-0.25, -0.2) is 0 Å². The number of phenols is 2. The molecule has 202 valence electrons. The first-order chi connectivity index (χ1) is 19.5. The predicted molar refractivity (Wildman–Crippen MR) is 150 cm³/mol. The van der Waals surface area contributed by atoms with Crippen LogP contribution in [-0.4, -0.2) is 35.3 Å². The summed E-state index contributed by atoms with van der Waals surface area (Å²) in [5.74, 6) is 3.66. The Balaban J connectivity index is 1.32. The largest absolute Gasteiger partial charge is 0.504 e. The lowest BCUT2D eigenvalue weighted by Gasteiger charge is -2.38. The van der Waals surface area contributed by atoms with Crippen molar-refractivity contribution in [2.24, 2.45) is 0 Å². The highest BCUT2D eigenvalue weighted by Crippen LogP contribution is 2.56. The van der Waals surface area contributed by atoms with Gasteiger partial charge in [0.25, 0.3) is 0 Å². The second-order valence-corrected chi connectivity index (χ2v) is 11.3. The molecule has 0 radical (unpaired) electrons. The van der Waals surface area contributed by atoms with Gasteiger partial charge in [0.1, 0.15) is 5.75 Å². The Morgan fingerprint density at radius 1 is 0.750 bits per heavy atom. The molecule has 7 heteroatoms. The molecule has 40 heavy (non-hydrogen) atoms. The summed E-state index contributed by atoms with van der Waals surface area (Å²) >= 11 is 0. The van der Waals surface area contributed by atoms with Crippen LogP contribution in [0, 0.1) is 0 Å². The first-order valence-corrected chi connectivity index (χ1v) is 13.9. The molecule has 5 aliphatic heterocycles. The topological polar surface area (TPSA) is 83.4 Å². The van der Waals surface area contributed by atoms with E-state index in [1.54, 1.807) is 6.07 Å². The van der Waals surface area contributed by atoms with Gasteiger partial charge in [0.05, 0.1) is 0 Å². The first kappa shape index (κ1) is 23.7. The van der Waals surface area contributed by atoms with Gasteiger partial charge in [-0.05, 0) is 110 Å². The quantitative estimate of drug-likeness (QED) is 0.215. The summed E-state index contributed by atoms with van der Waals surface area (Å²) in [5.41, 5.74) is 6.74. The van der Waals surface area contributed by atoms with E-state index >= 15 is 0 Å². The molecule has 4 aromatic carbocycles. The molecule has 2 atom stereocenters. The summed E-state index contributed by atoms with van der Waals surface area (Å²) in [6, 6.07) is 19.7. The third-order valence-electron chi connectivity index (χ3n) is 8.77. The molecule has 0 amide bonds. The van der Waals surface area contributed by atoms with Gasteiger partial charge in [0.15, 0.2) is 34.5 Å². The summed E-state index contributed by atoms with van der Waals surface area (Å²) in [4.78, 5) is 2.34. The first-order valence-electron chi connectivity index (χ1n) is 13.9. The van der Waals surface area contributed by atoms with Gasteiger partial charge in [-0.3, -0.25) is 4.90 Å². The van der Waals surface area contributed by atoms with E-state index in [1.807, 2.05) is 30.3 Å². The monoisotopic (exact) mass is 534 g/mol. The molecule has 4 aromatic rings. The number of nitrogens with zero attached hydrogens (tertiary/aromatic N) is 1. The lowest BCUT2D eigenvalue weighted by Crippen LogP contribution is -2.34. The summed E-state index contributed by atoms with van der Waals surface area (Å²) in [7, 11) is 2.14. The Hall–Kier alpha value is -4.20. The minimum atomic E-state index is 0.0432. The van der Waals surface area contributed by atoms with E-state index in [-0.39, 0.29) is 23.6 Å². The lowest BCUT2D eigenvalue weighted by molar-refractivity contribution is 0.220. The average Bonchev–Trinajstić information content (AvgIpc) is 2.95. The van der Waals surface area contributed by atoms with Gasteiger partial charge in [-0.15, -0.1) is 0 Å². The number of hydrogen-bond donors (Lipinski definition) is 3. The lowest BCUT2D eigenvalue weighted by atomic mass is 9.87. The molecule has 0 aromatic heterocycles. The van der Waals surface area contributed by atoms with E-state index in [2.05, 4.69) is 41.5 Å². The van der Waals surface area contributed by atoms with Gasteiger partial charge < -0.3 is 29.7 Å². The van der Waals surface area contributed by atoms with Crippen LogP contribution in [0.25, 0.3) is 0 Å². The third kappa shape index (κ3) is 3.80. The van der Waals surface area contributed by atoms with Crippen molar-refractivity contribution in [3.8, 4) is 46.0 Å². The SMILES string of the molecule is CN1CCc2cc(O)c3c4c2[C@@H]1Cc1ccc(cc1)Oc1cc(ccc1O)C[C@@H]1NCCc2cc(c(cc21)O4)O3. The highest BCUT2D eigenvalue weighted by molar-refractivity contribution is 5.67. The molecule has 0 fully saturated rings. The maximum Gasteiger partial charge on any atom is 0.212 e. The zero-order valence-electron chi connectivity index (χ0n) is 22.2. The maximum atomic E-state index is 11.0. The van der Waals surface area contributed by atoms with E-state index in [0.717, 1.165) is 61.0 Å². The summed E-state index contributed by atoms with van der Waals surface area (Å²) in [5, 5.41) is 25.2. The second kappa shape index (κ2) is 8.91. The van der Waals surface area contributed by atoms with Crippen LogP contribution in [0.2, 0.25) is 0 Å². The number of benzene rings is 4. The molecular weight excluding hydrogens is 504 g/mol. The van der Waals surface area contributed by atoms with Gasteiger partial charge in [-0.2, -0.15) is 0 Å². The van der Waals surface area contributed by atoms with E-state index in [9.17, 15) is 10.2 Å². The number of rotatable bonds is 0. The molecule has 5 heterocycles. The van der Waals surface area contributed by atoms with Crippen molar-refractivity contribution >= 4 is 0 Å². The van der Waals surface area contributed by atoms with Crippen molar-refractivity contribution in [2.45, 2.75) is 37.8 Å². The van der Waals surface area contributed by atoms with Gasteiger partial charge in [0.2, 0.25) is 5.75 Å². The number of phenolic OH excluding ortho intramolecular Hbond substituents is 2. The molecule has 9 rings (SSSR count). The van der Waals surface area contributed by atoms with Crippen LogP contribution in [0.5, 0.6) is 46.0 Å². The van der Waals surface area contributed by atoms with Crippen molar-refractivity contribution in [3.63, 3.8) is 0 Å². The van der Waals surface area contributed by atoms with Crippen molar-refractivity contribution in [1.82, 2.24) is 10.2 Å². The highest BCUT2D eigenvalue weighted by Gasteiger charge is 2.36. The number of ether oxygens (including phenoxy) is 3. The average molecular weight is 535 g/mol. The molecule has 5 aliphatic rings. The fourth-order valence-corrected chi connectivity index (χ4v) is 6.65. The van der Waals surface area contributed by atoms with Crippen molar-refractivity contribution in [2.75, 3.05) is 20.1 Å². The van der Waals surface area contributed by atoms with Crippen LogP contribution < -0.4 is 19.5 Å². The number of fused-ring (bicyclic) bond motifs is 2.